The van der Waals surface area contributed by atoms with Crippen molar-refractivity contribution in [3.63, 3.8) is 0 Å². The maximum atomic E-state index is 14.2. The zero-order valence-corrected chi connectivity index (χ0v) is 25.1. The number of halogens is 1. The van der Waals surface area contributed by atoms with Gasteiger partial charge in [-0.2, -0.15) is 0 Å². The molecule has 0 aliphatic carbocycles. The molecule has 2 unspecified atom stereocenters. The Kier molecular flexibility index (Phi) is 9.91. The summed E-state index contributed by atoms with van der Waals surface area (Å²) in [6.45, 7) is 3.94. The van der Waals surface area contributed by atoms with Crippen LogP contribution in [0.4, 0.5) is 5.69 Å². The topological polar surface area (TPSA) is 118 Å². The second-order valence-corrected chi connectivity index (χ2v) is 12.1. The summed E-state index contributed by atoms with van der Waals surface area (Å²) in [5.41, 5.74) is 2.15. The summed E-state index contributed by atoms with van der Waals surface area (Å²) < 4.78 is 18.0. The smallest absolute Gasteiger partial charge is 0.303 e. The van der Waals surface area contributed by atoms with Gasteiger partial charge in [-0.1, -0.05) is 37.6 Å². The Morgan fingerprint density at radius 3 is 2.63 bits per heavy atom. The summed E-state index contributed by atoms with van der Waals surface area (Å²) in [5, 5.41) is 22.2. The number of carbonyl (C=O) groups is 2. The maximum absolute atomic E-state index is 14.2. The zero-order chi connectivity index (χ0) is 29.7. The minimum atomic E-state index is -0.874. The fourth-order valence-electron chi connectivity index (χ4n) is 4.83. The number of ether oxygens (including phenoxy) is 3. The van der Waals surface area contributed by atoms with Gasteiger partial charge in [0, 0.05) is 58.6 Å². The number of carboxylic acid groups (broad SMARTS) is 1. The Morgan fingerprint density at radius 2 is 1.95 bits per heavy atom. The summed E-state index contributed by atoms with van der Waals surface area (Å²) in [6.07, 6.45) is -0.415. The first-order valence-corrected chi connectivity index (χ1v) is 14.6. The van der Waals surface area contributed by atoms with Crippen molar-refractivity contribution in [2.45, 2.75) is 51.7 Å². The molecule has 11 heteroatoms. The average molecular weight is 603 g/mol. The van der Waals surface area contributed by atoms with Gasteiger partial charge in [0.2, 0.25) is 0 Å². The van der Waals surface area contributed by atoms with Crippen molar-refractivity contribution in [2.75, 3.05) is 32.3 Å². The standard InChI is InChI=1S/C30H35ClN2O7S/c1-30(2,17-34)16-33-22-10-8-18(31)14-21(22)27(20-6-5-7-23(38-3)28(20)39-4)40-24(29(33)37)11-12-25-32-19(15-41-25)9-13-26(35)36/h5-8,10,14-15,24,27,34H,9,11-13,16-17H2,1-4H3,(H,35,36). The van der Waals surface area contributed by atoms with E-state index in [0.717, 1.165) is 5.01 Å². The highest BCUT2D eigenvalue weighted by molar-refractivity contribution is 7.09. The third kappa shape index (κ3) is 7.19. The molecule has 1 aliphatic rings. The largest absolute Gasteiger partial charge is 0.493 e. The number of carboxylic acids is 1. The van der Waals surface area contributed by atoms with Gasteiger partial charge < -0.3 is 29.3 Å². The highest BCUT2D eigenvalue weighted by Gasteiger charge is 2.39. The van der Waals surface area contributed by atoms with Gasteiger partial charge >= 0.3 is 5.97 Å². The van der Waals surface area contributed by atoms with Gasteiger partial charge in [0.05, 0.1) is 31.3 Å². The number of benzene rings is 2. The Labute approximate surface area is 248 Å². The molecule has 0 saturated carbocycles. The number of rotatable bonds is 12. The number of aromatic nitrogens is 1. The van der Waals surface area contributed by atoms with Crippen molar-refractivity contribution in [3.05, 3.63) is 68.6 Å². The molecule has 2 atom stereocenters. The SMILES string of the molecule is COc1cccc(C2OC(CCc3nc(CCC(=O)O)cs3)C(=O)N(CC(C)(C)CO)c3ccc(Cl)cc32)c1OC. The summed E-state index contributed by atoms with van der Waals surface area (Å²) in [4.78, 5) is 31.4. The van der Waals surface area contributed by atoms with Crippen molar-refractivity contribution in [1.82, 2.24) is 4.98 Å². The molecule has 2 aromatic carbocycles. The van der Waals surface area contributed by atoms with Crippen molar-refractivity contribution < 1.29 is 34.0 Å². The Hall–Kier alpha value is -3.18. The van der Waals surface area contributed by atoms with Crippen LogP contribution in [0.3, 0.4) is 0 Å². The lowest BCUT2D eigenvalue weighted by Crippen LogP contribution is -2.45. The number of nitrogens with zero attached hydrogens (tertiary/aromatic N) is 2. The van der Waals surface area contributed by atoms with Crippen molar-refractivity contribution in [3.8, 4) is 11.5 Å². The number of amides is 1. The lowest BCUT2D eigenvalue weighted by Gasteiger charge is -2.32. The van der Waals surface area contributed by atoms with Gasteiger partial charge in [0.1, 0.15) is 12.2 Å². The van der Waals surface area contributed by atoms with Crippen LogP contribution in [-0.4, -0.2) is 60.5 Å². The number of hydrogen-bond donors (Lipinski definition) is 2. The van der Waals surface area contributed by atoms with E-state index in [1.54, 1.807) is 37.3 Å². The predicted molar refractivity (Wildman–Crippen MR) is 157 cm³/mol. The maximum Gasteiger partial charge on any atom is 0.303 e. The number of aliphatic hydroxyl groups is 1. The number of carbonyl (C=O) groups excluding carboxylic acids is 1. The number of fused-ring (bicyclic) bond motifs is 1. The first-order valence-electron chi connectivity index (χ1n) is 13.3. The molecule has 4 rings (SSSR count). The fourth-order valence-corrected chi connectivity index (χ4v) is 5.86. The van der Waals surface area contributed by atoms with Crippen LogP contribution in [-0.2, 0) is 27.2 Å². The molecular formula is C30H35ClN2O7S. The quantitative estimate of drug-likeness (QED) is 0.287. The number of aliphatic carboxylic acids is 1. The van der Waals surface area contributed by atoms with Crippen LogP contribution in [0.15, 0.2) is 41.8 Å². The minimum absolute atomic E-state index is 0.00780. The summed E-state index contributed by atoms with van der Waals surface area (Å²) in [5.74, 6) is -0.0906. The highest BCUT2D eigenvalue weighted by atomic mass is 35.5. The van der Waals surface area contributed by atoms with Gasteiger partial charge in [-0.05, 0) is 30.7 Å². The molecule has 0 saturated heterocycles. The molecule has 1 aromatic heterocycles. The normalized spacial score (nSPS) is 17.2. The van der Waals surface area contributed by atoms with Crippen LogP contribution in [0, 0.1) is 5.41 Å². The van der Waals surface area contributed by atoms with E-state index in [9.17, 15) is 14.7 Å². The number of para-hydroxylation sites is 1. The van der Waals surface area contributed by atoms with Crippen molar-refractivity contribution in [2.24, 2.45) is 5.41 Å². The van der Waals surface area contributed by atoms with E-state index in [1.165, 1.54) is 11.3 Å². The lowest BCUT2D eigenvalue weighted by atomic mass is 9.92. The highest BCUT2D eigenvalue weighted by Crippen LogP contribution is 2.45. The molecule has 220 valence electrons. The zero-order valence-electron chi connectivity index (χ0n) is 23.6. The second kappa shape index (κ2) is 13.2. The van der Waals surface area contributed by atoms with Crippen LogP contribution in [0.1, 0.15) is 54.6 Å². The first kappa shape index (κ1) is 30.8. The predicted octanol–water partition coefficient (Wildman–Crippen LogP) is 5.30. The molecule has 9 nitrogen and oxygen atoms in total. The molecule has 1 aliphatic heterocycles. The summed E-state index contributed by atoms with van der Waals surface area (Å²) in [6, 6.07) is 10.9. The Balaban J connectivity index is 1.76. The molecular weight excluding hydrogens is 568 g/mol. The number of aliphatic hydroxyl groups excluding tert-OH is 1. The minimum Gasteiger partial charge on any atom is -0.493 e. The molecule has 0 spiro atoms. The monoisotopic (exact) mass is 602 g/mol. The fraction of sp³-hybridized carbons (Fsp3) is 0.433. The number of aryl methyl sites for hydroxylation is 2. The molecule has 0 fully saturated rings. The number of hydrogen-bond acceptors (Lipinski definition) is 8. The number of methoxy groups -OCH3 is 2. The van der Waals surface area contributed by atoms with Gasteiger partial charge in [-0.25, -0.2) is 4.98 Å². The third-order valence-corrected chi connectivity index (χ3v) is 8.14. The molecule has 2 N–H and O–H groups in total. The summed E-state index contributed by atoms with van der Waals surface area (Å²) >= 11 is 7.92. The summed E-state index contributed by atoms with van der Waals surface area (Å²) in [7, 11) is 3.12. The van der Waals surface area contributed by atoms with Gasteiger partial charge in [-0.3, -0.25) is 9.59 Å². The van der Waals surface area contributed by atoms with E-state index in [1.807, 2.05) is 37.4 Å². The van der Waals surface area contributed by atoms with E-state index in [4.69, 9.17) is 30.9 Å². The second-order valence-electron chi connectivity index (χ2n) is 10.7. The molecule has 41 heavy (non-hydrogen) atoms. The van der Waals surface area contributed by atoms with E-state index in [2.05, 4.69) is 4.98 Å². The van der Waals surface area contributed by atoms with Crippen LogP contribution in [0.5, 0.6) is 11.5 Å². The van der Waals surface area contributed by atoms with E-state index >= 15 is 0 Å². The van der Waals surface area contributed by atoms with Gasteiger partial charge in [0.25, 0.3) is 5.91 Å². The van der Waals surface area contributed by atoms with E-state index in [-0.39, 0.29) is 25.5 Å². The van der Waals surface area contributed by atoms with Crippen molar-refractivity contribution >= 4 is 40.5 Å². The first-order chi connectivity index (χ1) is 19.6. The Morgan fingerprint density at radius 1 is 1.17 bits per heavy atom. The van der Waals surface area contributed by atoms with E-state index < -0.39 is 23.6 Å². The molecule has 0 radical (unpaired) electrons. The van der Waals surface area contributed by atoms with E-state index in [0.29, 0.717) is 58.3 Å². The molecule has 0 bridgehead atoms. The number of thiazole rings is 1. The Bertz CT molecular complexity index is 1390. The molecule has 2 heterocycles. The van der Waals surface area contributed by atoms with Crippen LogP contribution < -0.4 is 14.4 Å². The van der Waals surface area contributed by atoms with Crippen LogP contribution >= 0.6 is 22.9 Å². The lowest BCUT2D eigenvalue weighted by molar-refractivity contribution is -0.137. The third-order valence-electron chi connectivity index (χ3n) is 6.95. The van der Waals surface area contributed by atoms with Crippen molar-refractivity contribution in [1.29, 1.82) is 0 Å². The molecule has 3 aromatic rings. The number of anilines is 1. The van der Waals surface area contributed by atoms with Gasteiger partial charge in [0.15, 0.2) is 11.5 Å². The van der Waals surface area contributed by atoms with Crippen LogP contribution in [0.25, 0.3) is 0 Å². The molecule has 1 amide bonds. The van der Waals surface area contributed by atoms with Gasteiger partial charge in [-0.15, -0.1) is 11.3 Å². The average Bonchev–Trinajstić information content (AvgIpc) is 3.38. The van der Waals surface area contributed by atoms with Crippen LogP contribution in [0.2, 0.25) is 5.02 Å².